The standard InChI is InChI=1S/C28H24N4O8S2.2Na/c1-39-25-13-9-21(10-14-25)29-31-23-7-5-19(27(17-23)41(33,34)35)3-4-20-6-8-24(18-28(20)42(36,37)38)32-30-22-11-15-26(40-2)16-12-22;;/h3-18H,1-2H3,(H,33,34,35)(H,36,37,38);;/q;2*+1/p-2. The topological polar surface area (TPSA) is 182 Å². The Kier molecular flexibility index (Phi) is 14.1. The molecule has 0 bridgehead atoms. The van der Waals surface area contributed by atoms with E-state index >= 15 is 0 Å². The van der Waals surface area contributed by atoms with Crippen molar-refractivity contribution >= 4 is 55.1 Å². The number of ether oxygens (including phenoxy) is 2. The Hall–Kier alpha value is -2.76. The predicted octanol–water partition coefficient (Wildman–Crippen LogP) is 0.521. The first-order valence-electron chi connectivity index (χ1n) is 12.0. The van der Waals surface area contributed by atoms with Crippen LogP contribution in [0.4, 0.5) is 22.7 Å². The molecule has 0 atom stereocenters. The first-order chi connectivity index (χ1) is 20.0. The van der Waals surface area contributed by atoms with Crippen LogP contribution in [0.5, 0.6) is 11.5 Å². The van der Waals surface area contributed by atoms with Gasteiger partial charge in [-0.25, -0.2) is 16.8 Å². The van der Waals surface area contributed by atoms with Crippen molar-refractivity contribution in [3.8, 4) is 11.5 Å². The van der Waals surface area contributed by atoms with Crippen LogP contribution in [-0.4, -0.2) is 40.2 Å². The molecule has 12 nitrogen and oxygen atoms in total. The van der Waals surface area contributed by atoms with Crippen molar-refractivity contribution in [1.82, 2.24) is 0 Å². The van der Waals surface area contributed by atoms with Gasteiger partial charge in [0.2, 0.25) is 0 Å². The van der Waals surface area contributed by atoms with Gasteiger partial charge in [0.25, 0.3) is 0 Å². The normalized spacial score (nSPS) is 11.8. The van der Waals surface area contributed by atoms with Crippen molar-refractivity contribution in [1.29, 1.82) is 0 Å². The molecule has 16 heteroatoms. The molecule has 4 rings (SSSR count). The van der Waals surface area contributed by atoms with E-state index in [1.54, 1.807) is 48.5 Å². The van der Waals surface area contributed by atoms with Gasteiger partial charge in [0.1, 0.15) is 31.7 Å². The maximum Gasteiger partial charge on any atom is 1.00 e. The third kappa shape index (κ3) is 10.4. The van der Waals surface area contributed by atoms with Gasteiger partial charge in [-0.15, -0.1) is 0 Å². The van der Waals surface area contributed by atoms with Crippen molar-refractivity contribution in [2.24, 2.45) is 20.5 Å². The number of hydrogen-bond acceptors (Lipinski definition) is 12. The molecule has 0 aliphatic heterocycles. The zero-order valence-electron chi connectivity index (χ0n) is 24.1. The number of hydrogen-bond donors (Lipinski definition) is 0. The Morgan fingerprint density at radius 3 is 1.11 bits per heavy atom. The molecule has 0 spiro atoms. The zero-order valence-corrected chi connectivity index (χ0v) is 29.7. The molecule has 44 heavy (non-hydrogen) atoms. The van der Waals surface area contributed by atoms with Gasteiger partial charge in [0.15, 0.2) is 0 Å². The van der Waals surface area contributed by atoms with Crippen molar-refractivity contribution < 1.29 is 94.5 Å². The second kappa shape index (κ2) is 16.5. The quantitative estimate of drug-likeness (QED) is 0.103. The molecule has 0 amide bonds. The van der Waals surface area contributed by atoms with Crippen molar-refractivity contribution in [2.45, 2.75) is 9.79 Å². The molecule has 0 saturated heterocycles. The number of benzene rings is 4. The van der Waals surface area contributed by atoms with Gasteiger partial charge >= 0.3 is 59.1 Å². The molecule has 0 N–H and O–H groups in total. The van der Waals surface area contributed by atoms with Gasteiger partial charge in [-0.1, -0.05) is 24.3 Å². The molecule has 0 aliphatic rings. The Morgan fingerprint density at radius 1 is 0.523 bits per heavy atom. The smallest absolute Gasteiger partial charge is 0.744 e. The summed E-state index contributed by atoms with van der Waals surface area (Å²) in [6.07, 6.45) is 2.41. The third-order valence-electron chi connectivity index (χ3n) is 5.68. The van der Waals surface area contributed by atoms with E-state index < -0.39 is 30.0 Å². The molecule has 4 aromatic rings. The molecule has 4 aromatic carbocycles. The maximum atomic E-state index is 12.0. The van der Waals surface area contributed by atoms with E-state index in [1.807, 2.05) is 0 Å². The van der Waals surface area contributed by atoms with Gasteiger partial charge in [0, 0.05) is 0 Å². The Labute approximate surface area is 299 Å². The first kappa shape index (κ1) is 37.4. The fourth-order valence-electron chi connectivity index (χ4n) is 3.59. The third-order valence-corrected chi connectivity index (χ3v) is 7.47. The minimum atomic E-state index is -4.97. The molecule has 0 aromatic heterocycles. The first-order valence-corrected chi connectivity index (χ1v) is 14.8. The SMILES string of the molecule is COc1ccc(N=Nc2ccc(C=Cc3ccc(N=Nc4ccc(OC)cc4)cc3S(=O)(=O)[O-])c(S(=O)(=O)[O-])c2)cc1.[Na+].[Na+]. The number of methoxy groups -OCH3 is 2. The summed E-state index contributed by atoms with van der Waals surface area (Å²) in [6.45, 7) is 0. The second-order valence-electron chi connectivity index (χ2n) is 8.48. The summed E-state index contributed by atoms with van der Waals surface area (Å²) in [4.78, 5) is -1.22. The van der Waals surface area contributed by atoms with E-state index in [-0.39, 0.29) is 81.6 Å². The monoisotopic (exact) mass is 652 g/mol. The second-order valence-corrected chi connectivity index (χ2v) is 11.2. The van der Waals surface area contributed by atoms with Crippen LogP contribution in [0.2, 0.25) is 0 Å². The van der Waals surface area contributed by atoms with Gasteiger partial charge in [0.05, 0.1) is 46.8 Å². The van der Waals surface area contributed by atoms with Crippen LogP contribution in [-0.2, 0) is 20.2 Å². The van der Waals surface area contributed by atoms with E-state index in [2.05, 4.69) is 20.5 Å². The van der Waals surface area contributed by atoms with Crippen LogP contribution >= 0.6 is 0 Å². The van der Waals surface area contributed by atoms with E-state index in [1.165, 1.54) is 50.6 Å². The number of rotatable bonds is 10. The minimum Gasteiger partial charge on any atom is -0.744 e. The van der Waals surface area contributed by atoms with Gasteiger partial charge < -0.3 is 18.6 Å². The van der Waals surface area contributed by atoms with E-state index in [0.717, 1.165) is 12.1 Å². The molecular formula is C28H22N4Na2O8S2. The summed E-state index contributed by atoms with van der Waals surface area (Å²) in [5, 5.41) is 16.0. The molecule has 216 valence electrons. The van der Waals surface area contributed by atoms with Crippen LogP contribution in [0.15, 0.2) is 115 Å². The fraction of sp³-hybridized carbons (Fsp3) is 0.0714. The largest absolute Gasteiger partial charge is 1.00 e. The van der Waals surface area contributed by atoms with Crippen molar-refractivity contribution in [3.05, 3.63) is 96.1 Å². The maximum absolute atomic E-state index is 12.0. The molecule has 0 saturated carbocycles. The van der Waals surface area contributed by atoms with Crippen molar-refractivity contribution in [3.63, 3.8) is 0 Å². The summed E-state index contributed by atoms with van der Waals surface area (Å²) < 4.78 is 82.2. The average Bonchev–Trinajstić information content (AvgIpc) is 2.98. The number of azo groups is 2. The van der Waals surface area contributed by atoms with Gasteiger partial charge in [-0.2, -0.15) is 20.5 Å². The van der Waals surface area contributed by atoms with Crippen LogP contribution in [0.25, 0.3) is 12.2 Å². The van der Waals surface area contributed by atoms with Crippen LogP contribution in [0.3, 0.4) is 0 Å². The molecule has 0 aliphatic carbocycles. The Morgan fingerprint density at radius 2 is 0.818 bits per heavy atom. The van der Waals surface area contributed by atoms with Crippen LogP contribution < -0.4 is 68.6 Å². The Balaban J connectivity index is 0.00000337. The van der Waals surface area contributed by atoms with Gasteiger partial charge in [-0.3, -0.25) is 0 Å². The average molecular weight is 653 g/mol. The molecule has 0 radical (unpaired) electrons. The molecule has 0 heterocycles. The molecule has 0 unspecified atom stereocenters. The summed E-state index contributed by atoms with van der Waals surface area (Å²) in [7, 11) is -6.90. The van der Waals surface area contributed by atoms with E-state index in [9.17, 15) is 25.9 Å². The van der Waals surface area contributed by atoms with Gasteiger partial charge in [-0.05, 0) is 83.9 Å². The van der Waals surface area contributed by atoms with E-state index in [0.29, 0.717) is 22.9 Å². The molecule has 0 fully saturated rings. The van der Waals surface area contributed by atoms with Crippen LogP contribution in [0.1, 0.15) is 11.1 Å². The fourth-order valence-corrected chi connectivity index (χ4v) is 4.97. The van der Waals surface area contributed by atoms with Crippen molar-refractivity contribution in [2.75, 3.05) is 14.2 Å². The minimum absolute atomic E-state index is 0. The predicted molar refractivity (Wildman–Crippen MR) is 152 cm³/mol. The molecular weight excluding hydrogens is 630 g/mol. The number of nitrogens with zero attached hydrogens (tertiary/aromatic N) is 4. The summed E-state index contributed by atoms with van der Waals surface area (Å²) >= 11 is 0. The summed E-state index contributed by atoms with van der Waals surface area (Å²) in [5.74, 6) is 1.23. The summed E-state index contributed by atoms with van der Waals surface area (Å²) in [6, 6.07) is 20.8. The summed E-state index contributed by atoms with van der Waals surface area (Å²) in [5.41, 5.74) is 1.00. The van der Waals surface area contributed by atoms with Crippen LogP contribution in [0, 0.1) is 0 Å². The van der Waals surface area contributed by atoms with E-state index in [4.69, 9.17) is 9.47 Å². The Bertz CT molecular complexity index is 1760. The zero-order chi connectivity index (χ0) is 30.3.